The SMILES string of the molecule is COc1ccc(S(=O)(=O)c2ccc(Oc3cc4c(cc3Br)OCC43COc4cc(Br)c(C)cc4C3)cc2)cc1. The number of fused-ring (bicyclic) bond motifs is 3. The summed E-state index contributed by atoms with van der Waals surface area (Å²) in [5.41, 5.74) is 3.02. The van der Waals surface area contributed by atoms with Crippen molar-refractivity contribution in [2.45, 2.75) is 28.6 Å². The summed E-state index contributed by atoms with van der Waals surface area (Å²) in [5, 5.41) is 0. The number of methoxy groups -OCH3 is 1. The molecule has 0 aliphatic carbocycles. The molecule has 0 bridgehead atoms. The Labute approximate surface area is 244 Å². The number of ether oxygens (including phenoxy) is 4. The van der Waals surface area contributed by atoms with Gasteiger partial charge in [-0.2, -0.15) is 0 Å². The van der Waals surface area contributed by atoms with Crippen LogP contribution in [0.2, 0.25) is 0 Å². The van der Waals surface area contributed by atoms with Crippen LogP contribution in [0.1, 0.15) is 16.7 Å². The van der Waals surface area contributed by atoms with Gasteiger partial charge in [-0.25, -0.2) is 8.42 Å². The molecule has 0 N–H and O–H groups in total. The molecule has 1 spiro atoms. The summed E-state index contributed by atoms with van der Waals surface area (Å²) in [7, 11) is -2.13. The van der Waals surface area contributed by atoms with Gasteiger partial charge in [0.25, 0.3) is 0 Å². The molecule has 6 nitrogen and oxygen atoms in total. The van der Waals surface area contributed by atoms with E-state index in [-0.39, 0.29) is 15.2 Å². The van der Waals surface area contributed by atoms with Gasteiger partial charge in [0.15, 0.2) is 0 Å². The molecule has 0 aromatic heterocycles. The van der Waals surface area contributed by atoms with E-state index in [2.05, 4.69) is 44.8 Å². The van der Waals surface area contributed by atoms with Crippen molar-refractivity contribution in [1.29, 1.82) is 0 Å². The van der Waals surface area contributed by atoms with Gasteiger partial charge < -0.3 is 18.9 Å². The summed E-state index contributed by atoms with van der Waals surface area (Å²) in [6.45, 7) is 3.09. The Balaban J connectivity index is 1.26. The second-order valence-corrected chi connectivity index (χ2v) is 13.4. The Morgan fingerprint density at radius 1 is 0.795 bits per heavy atom. The summed E-state index contributed by atoms with van der Waals surface area (Å²) in [4.78, 5) is 0.378. The van der Waals surface area contributed by atoms with Crippen molar-refractivity contribution in [3.8, 4) is 28.7 Å². The van der Waals surface area contributed by atoms with E-state index in [1.54, 1.807) is 36.4 Å². The Morgan fingerprint density at radius 3 is 2.03 bits per heavy atom. The van der Waals surface area contributed by atoms with Crippen molar-refractivity contribution in [2.75, 3.05) is 20.3 Å². The first-order chi connectivity index (χ1) is 18.7. The Morgan fingerprint density at radius 2 is 1.38 bits per heavy atom. The molecule has 39 heavy (non-hydrogen) atoms. The van der Waals surface area contributed by atoms with Crippen LogP contribution in [0.4, 0.5) is 0 Å². The minimum Gasteiger partial charge on any atom is -0.497 e. The summed E-state index contributed by atoms with van der Waals surface area (Å²) < 4.78 is 51.6. The van der Waals surface area contributed by atoms with E-state index in [9.17, 15) is 8.42 Å². The molecule has 2 aliphatic heterocycles. The standard InChI is InChI=1S/C30H24Br2O6S/c1-18-11-19-15-30(16-36-27(19)13-25(18)31)17-37-28-14-26(32)29(12-24(28)30)38-21-5-9-23(10-6-21)39(33,34)22-7-3-20(35-2)4-8-22/h3-14H,15-17H2,1-2H3. The first-order valence-electron chi connectivity index (χ1n) is 12.2. The molecular weight excluding hydrogens is 648 g/mol. The predicted molar refractivity (Wildman–Crippen MR) is 154 cm³/mol. The lowest BCUT2D eigenvalue weighted by molar-refractivity contribution is 0.153. The van der Waals surface area contributed by atoms with Crippen molar-refractivity contribution in [3.05, 3.63) is 98.4 Å². The lowest BCUT2D eigenvalue weighted by Gasteiger charge is -2.34. The van der Waals surface area contributed by atoms with Crippen molar-refractivity contribution in [2.24, 2.45) is 0 Å². The maximum atomic E-state index is 13.1. The first kappa shape index (κ1) is 26.2. The largest absolute Gasteiger partial charge is 0.497 e. The molecular formula is C30H24Br2O6S. The molecule has 0 saturated heterocycles. The molecule has 0 amide bonds. The highest BCUT2D eigenvalue weighted by molar-refractivity contribution is 9.10. The van der Waals surface area contributed by atoms with Gasteiger partial charge in [-0.1, -0.05) is 22.0 Å². The molecule has 2 heterocycles. The molecule has 200 valence electrons. The molecule has 4 aromatic rings. The summed E-state index contributed by atoms with van der Waals surface area (Å²) in [6, 6.07) is 20.8. The fourth-order valence-corrected chi connectivity index (χ4v) is 7.02. The topological polar surface area (TPSA) is 71.1 Å². The van der Waals surface area contributed by atoms with E-state index in [1.165, 1.54) is 19.2 Å². The zero-order chi connectivity index (χ0) is 27.4. The van der Waals surface area contributed by atoms with Crippen LogP contribution in [0.15, 0.2) is 91.5 Å². The van der Waals surface area contributed by atoms with Gasteiger partial charge in [-0.05, 0) is 107 Å². The molecule has 6 rings (SSSR count). The summed E-state index contributed by atoms with van der Waals surface area (Å²) >= 11 is 7.20. The second kappa shape index (κ2) is 9.87. The molecule has 0 saturated carbocycles. The predicted octanol–water partition coefficient (Wildman–Crippen LogP) is 7.42. The average molecular weight is 672 g/mol. The average Bonchev–Trinajstić information content (AvgIpc) is 3.26. The van der Waals surface area contributed by atoms with Gasteiger partial charge in [0.2, 0.25) is 9.84 Å². The zero-order valence-electron chi connectivity index (χ0n) is 21.2. The fraction of sp³-hybridized carbons (Fsp3) is 0.200. The van der Waals surface area contributed by atoms with Crippen LogP contribution in [0.5, 0.6) is 28.7 Å². The molecule has 1 atom stereocenters. The molecule has 4 aromatic carbocycles. The van der Waals surface area contributed by atoms with E-state index in [0.717, 1.165) is 43.6 Å². The quantitative estimate of drug-likeness (QED) is 0.220. The first-order valence-corrected chi connectivity index (χ1v) is 15.3. The zero-order valence-corrected chi connectivity index (χ0v) is 25.2. The maximum absolute atomic E-state index is 13.1. The van der Waals surface area contributed by atoms with Gasteiger partial charge in [0, 0.05) is 10.0 Å². The summed E-state index contributed by atoms with van der Waals surface area (Å²) in [5.74, 6) is 3.42. The van der Waals surface area contributed by atoms with Crippen LogP contribution >= 0.6 is 31.9 Å². The maximum Gasteiger partial charge on any atom is 0.206 e. The number of sulfone groups is 1. The van der Waals surface area contributed by atoms with E-state index < -0.39 is 9.84 Å². The number of hydrogen-bond acceptors (Lipinski definition) is 6. The van der Waals surface area contributed by atoms with Crippen LogP contribution in [0, 0.1) is 6.92 Å². The third-order valence-corrected chi connectivity index (χ3v) is 10.5. The molecule has 9 heteroatoms. The Hall–Kier alpha value is -3.01. The van der Waals surface area contributed by atoms with Gasteiger partial charge in [-0.3, -0.25) is 0 Å². The molecule has 1 unspecified atom stereocenters. The van der Waals surface area contributed by atoms with Crippen LogP contribution in [0.3, 0.4) is 0 Å². The minimum absolute atomic E-state index is 0.181. The Bertz CT molecular complexity index is 1680. The highest BCUT2D eigenvalue weighted by Gasteiger charge is 2.45. The van der Waals surface area contributed by atoms with Crippen molar-refractivity contribution < 1.29 is 27.4 Å². The van der Waals surface area contributed by atoms with E-state index >= 15 is 0 Å². The van der Waals surface area contributed by atoms with E-state index in [1.807, 2.05) is 18.2 Å². The monoisotopic (exact) mass is 670 g/mol. The number of rotatable bonds is 5. The molecule has 0 radical (unpaired) electrons. The normalized spacial score (nSPS) is 17.6. The van der Waals surface area contributed by atoms with Gasteiger partial charge in [0.1, 0.15) is 42.0 Å². The second-order valence-electron chi connectivity index (χ2n) is 9.77. The number of hydrogen-bond donors (Lipinski definition) is 0. The highest BCUT2D eigenvalue weighted by atomic mass is 79.9. The lowest BCUT2D eigenvalue weighted by Crippen LogP contribution is -2.40. The van der Waals surface area contributed by atoms with Crippen LogP contribution in [0.25, 0.3) is 0 Å². The van der Waals surface area contributed by atoms with E-state index in [4.69, 9.17) is 18.9 Å². The lowest BCUT2D eigenvalue weighted by atomic mass is 9.76. The summed E-state index contributed by atoms with van der Waals surface area (Å²) in [6.07, 6.45) is 0.794. The fourth-order valence-electron chi connectivity index (χ4n) is 5.04. The third kappa shape index (κ3) is 4.70. The van der Waals surface area contributed by atoms with Crippen molar-refractivity contribution in [1.82, 2.24) is 0 Å². The van der Waals surface area contributed by atoms with Crippen LogP contribution in [-0.2, 0) is 21.7 Å². The van der Waals surface area contributed by atoms with Crippen LogP contribution in [-0.4, -0.2) is 28.7 Å². The smallest absolute Gasteiger partial charge is 0.206 e. The minimum atomic E-state index is -3.67. The van der Waals surface area contributed by atoms with Gasteiger partial charge >= 0.3 is 0 Å². The van der Waals surface area contributed by atoms with Crippen molar-refractivity contribution in [3.63, 3.8) is 0 Å². The van der Waals surface area contributed by atoms with Gasteiger partial charge in [-0.15, -0.1) is 0 Å². The number of benzene rings is 4. The molecule has 0 fully saturated rings. The van der Waals surface area contributed by atoms with Crippen molar-refractivity contribution >= 4 is 41.7 Å². The van der Waals surface area contributed by atoms with Gasteiger partial charge in [0.05, 0.1) is 26.8 Å². The molecule has 2 aliphatic rings. The number of aryl methyl sites for hydroxylation is 1. The Kier molecular flexibility index (Phi) is 6.64. The highest BCUT2D eigenvalue weighted by Crippen LogP contribution is 2.49. The van der Waals surface area contributed by atoms with Crippen LogP contribution < -0.4 is 18.9 Å². The number of halogens is 2. The third-order valence-electron chi connectivity index (χ3n) is 7.22. The van der Waals surface area contributed by atoms with E-state index in [0.29, 0.717) is 30.5 Å².